The first-order valence-corrected chi connectivity index (χ1v) is 4.72. The molecule has 2 rings (SSSR count). The van der Waals surface area contributed by atoms with E-state index in [2.05, 4.69) is 0 Å². The van der Waals surface area contributed by atoms with Gasteiger partial charge in [-0.1, -0.05) is 0 Å². The molecule has 0 radical (unpaired) electrons. The minimum absolute atomic E-state index is 0.135. The highest BCUT2D eigenvalue weighted by molar-refractivity contribution is 5.60. The number of hydrogen-bond acceptors (Lipinski definition) is 3. The van der Waals surface area contributed by atoms with Crippen molar-refractivity contribution in [3.8, 4) is 0 Å². The molecule has 12 heavy (non-hydrogen) atoms. The summed E-state index contributed by atoms with van der Waals surface area (Å²) in [6.45, 7) is 0. The van der Waals surface area contributed by atoms with E-state index in [1.807, 2.05) is 0 Å². The number of ether oxygens (including phenoxy) is 2. The molecule has 2 aliphatic carbocycles. The van der Waals surface area contributed by atoms with Gasteiger partial charge in [0.05, 0.1) is 0 Å². The summed E-state index contributed by atoms with van der Waals surface area (Å²) in [5.74, 6) is 0. The molecule has 0 aromatic rings. The molecule has 0 aromatic heterocycles. The summed E-state index contributed by atoms with van der Waals surface area (Å²) in [6, 6.07) is 0. The van der Waals surface area contributed by atoms with E-state index in [9.17, 15) is 4.79 Å². The third-order valence-corrected chi connectivity index (χ3v) is 2.35. The molecule has 0 aliphatic heterocycles. The van der Waals surface area contributed by atoms with Crippen LogP contribution in [0.2, 0.25) is 0 Å². The van der Waals surface area contributed by atoms with Crippen LogP contribution in [-0.4, -0.2) is 18.4 Å². The Bertz CT molecular complexity index is 169. The summed E-state index contributed by atoms with van der Waals surface area (Å²) < 4.78 is 10.1. The molecule has 0 amide bonds. The SMILES string of the molecule is O=C(OC1CCCC1)OC1CC1. The Morgan fingerprint density at radius 3 is 1.92 bits per heavy atom. The smallest absolute Gasteiger partial charge is 0.431 e. The predicted octanol–water partition coefficient (Wildman–Crippen LogP) is 2.24. The van der Waals surface area contributed by atoms with E-state index in [1.165, 1.54) is 12.8 Å². The van der Waals surface area contributed by atoms with E-state index >= 15 is 0 Å². The van der Waals surface area contributed by atoms with Crippen molar-refractivity contribution in [2.75, 3.05) is 0 Å². The predicted molar refractivity (Wildman–Crippen MR) is 42.8 cm³/mol. The Hall–Kier alpha value is -0.730. The van der Waals surface area contributed by atoms with Gasteiger partial charge in [0, 0.05) is 0 Å². The second-order valence-electron chi connectivity index (χ2n) is 3.59. The van der Waals surface area contributed by atoms with Gasteiger partial charge in [0.15, 0.2) is 0 Å². The Kier molecular flexibility index (Phi) is 2.19. The fourth-order valence-electron chi connectivity index (χ4n) is 1.49. The lowest BCUT2D eigenvalue weighted by Gasteiger charge is -2.10. The summed E-state index contributed by atoms with van der Waals surface area (Å²) in [5.41, 5.74) is 0. The highest BCUT2D eigenvalue weighted by Crippen LogP contribution is 2.26. The van der Waals surface area contributed by atoms with E-state index in [1.54, 1.807) is 0 Å². The zero-order valence-electron chi connectivity index (χ0n) is 7.12. The van der Waals surface area contributed by atoms with Gasteiger partial charge in [0.25, 0.3) is 0 Å². The van der Waals surface area contributed by atoms with E-state index in [0.717, 1.165) is 25.7 Å². The van der Waals surface area contributed by atoms with Crippen LogP contribution in [-0.2, 0) is 9.47 Å². The summed E-state index contributed by atoms with van der Waals surface area (Å²) in [4.78, 5) is 11.0. The van der Waals surface area contributed by atoms with Crippen molar-refractivity contribution in [3.05, 3.63) is 0 Å². The Labute approximate surface area is 72.0 Å². The quantitative estimate of drug-likeness (QED) is 0.596. The van der Waals surface area contributed by atoms with Gasteiger partial charge in [-0.3, -0.25) is 0 Å². The van der Waals surface area contributed by atoms with Crippen LogP contribution in [0.5, 0.6) is 0 Å². The molecule has 0 bridgehead atoms. The largest absolute Gasteiger partial charge is 0.508 e. The Balaban J connectivity index is 1.66. The molecule has 0 aromatic carbocycles. The van der Waals surface area contributed by atoms with Gasteiger partial charge >= 0.3 is 6.16 Å². The number of rotatable bonds is 2. The van der Waals surface area contributed by atoms with E-state index < -0.39 is 6.16 Å². The zero-order chi connectivity index (χ0) is 8.39. The highest BCUT2D eigenvalue weighted by atomic mass is 16.7. The molecule has 0 unspecified atom stereocenters. The third-order valence-electron chi connectivity index (χ3n) is 2.35. The molecule has 0 saturated heterocycles. The van der Waals surface area contributed by atoms with Gasteiger partial charge in [-0.05, 0) is 38.5 Å². The lowest BCUT2D eigenvalue weighted by molar-refractivity contribution is 0.0212. The normalized spacial score (nSPS) is 24.0. The van der Waals surface area contributed by atoms with Crippen molar-refractivity contribution in [2.24, 2.45) is 0 Å². The van der Waals surface area contributed by atoms with Crippen LogP contribution >= 0.6 is 0 Å². The molecule has 0 N–H and O–H groups in total. The molecule has 0 atom stereocenters. The fourth-order valence-corrected chi connectivity index (χ4v) is 1.49. The van der Waals surface area contributed by atoms with E-state index in [4.69, 9.17) is 9.47 Å². The van der Waals surface area contributed by atoms with Crippen molar-refractivity contribution < 1.29 is 14.3 Å². The molecule has 68 valence electrons. The second kappa shape index (κ2) is 3.33. The Morgan fingerprint density at radius 2 is 1.42 bits per heavy atom. The van der Waals surface area contributed by atoms with Crippen LogP contribution in [0, 0.1) is 0 Å². The summed E-state index contributed by atoms with van der Waals surface area (Å²) in [7, 11) is 0. The molecule has 3 heteroatoms. The number of hydrogen-bond donors (Lipinski definition) is 0. The number of carbonyl (C=O) groups is 1. The van der Waals surface area contributed by atoms with E-state index in [-0.39, 0.29) is 12.2 Å². The van der Waals surface area contributed by atoms with Gasteiger partial charge in [-0.25, -0.2) is 4.79 Å². The van der Waals surface area contributed by atoms with Gasteiger partial charge in [0.1, 0.15) is 12.2 Å². The summed E-state index contributed by atoms with van der Waals surface area (Å²) in [5, 5.41) is 0. The average Bonchev–Trinajstić information content (AvgIpc) is 2.66. The minimum atomic E-state index is -0.454. The van der Waals surface area contributed by atoms with Crippen LogP contribution in [0.3, 0.4) is 0 Å². The van der Waals surface area contributed by atoms with Gasteiger partial charge < -0.3 is 9.47 Å². The maximum Gasteiger partial charge on any atom is 0.508 e. The lowest BCUT2D eigenvalue weighted by Crippen LogP contribution is -2.16. The molecular weight excluding hydrogens is 156 g/mol. The van der Waals surface area contributed by atoms with E-state index in [0.29, 0.717) is 0 Å². The van der Waals surface area contributed by atoms with Crippen molar-refractivity contribution >= 4 is 6.16 Å². The van der Waals surface area contributed by atoms with Gasteiger partial charge in [0.2, 0.25) is 0 Å². The maximum absolute atomic E-state index is 11.0. The van der Waals surface area contributed by atoms with Crippen LogP contribution in [0.25, 0.3) is 0 Å². The molecule has 0 spiro atoms. The molecule has 2 fully saturated rings. The second-order valence-corrected chi connectivity index (χ2v) is 3.59. The lowest BCUT2D eigenvalue weighted by atomic mass is 10.3. The monoisotopic (exact) mass is 170 g/mol. The van der Waals surface area contributed by atoms with Crippen LogP contribution in [0.15, 0.2) is 0 Å². The standard InChI is InChI=1S/C9H14O3/c10-9(12-8-5-6-8)11-7-3-1-2-4-7/h7-8H,1-6H2. The summed E-state index contributed by atoms with van der Waals surface area (Å²) in [6.07, 6.45) is 6.27. The molecule has 3 nitrogen and oxygen atoms in total. The van der Waals surface area contributed by atoms with Crippen molar-refractivity contribution in [2.45, 2.75) is 50.7 Å². The van der Waals surface area contributed by atoms with Crippen LogP contribution in [0.1, 0.15) is 38.5 Å². The van der Waals surface area contributed by atoms with Gasteiger partial charge in [-0.15, -0.1) is 0 Å². The van der Waals surface area contributed by atoms with Crippen molar-refractivity contribution in [1.29, 1.82) is 0 Å². The summed E-state index contributed by atoms with van der Waals surface area (Å²) >= 11 is 0. The molecule has 2 aliphatic rings. The maximum atomic E-state index is 11.0. The molecular formula is C9H14O3. The fraction of sp³-hybridized carbons (Fsp3) is 0.889. The first kappa shape index (κ1) is 7.90. The molecule has 2 saturated carbocycles. The first-order valence-electron chi connectivity index (χ1n) is 4.72. The third kappa shape index (κ3) is 2.13. The van der Waals surface area contributed by atoms with Crippen LogP contribution in [0.4, 0.5) is 4.79 Å². The first-order chi connectivity index (χ1) is 5.84. The average molecular weight is 170 g/mol. The van der Waals surface area contributed by atoms with Crippen molar-refractivity contribution in [3.63, 3.8) is 0 Å². The minimum Gasteiger partial charge on any atom is -0.431 e. The van der Waals surface area contributed by atoms with Crippen LogP contribution < -0.4 is 0 Å². The number of carbonyl (C=O) groups excluding carboxylic acids is 1. The van der Waals surface area contributed by atoms with Crippen molar-refractivity contribution in [1.82, 2.24) is 0 Å². The molecule has 0 heterocycles. The topological polar surface area (TPSA) is 35.5 Å². The van der Waals surface area contributed by atoms with Gasteiger partial charge in [-0.2, -0.15) is 0 Å². The highest BCUT2D eigenvalue weighted by Gasteiger charge is 2.28. The Morgan fingerprint density at radius 1 is 0.917 bits per heavy atom. The zero-order valence-corrected chi connectivity index (χ0v) is 7.12.